The number of phosphoric ester groups is 1. The van der Waals surface area contributed by atoms with Gasteiger partial charge in [-0.25, -0.2) is 0 Å². The summed E-state index contributed by atoms with van der Waals surface area (Å²) in [5.74, 6) is -0.170. The Balaban J connectivity index is 4.18. The van der Waals surface area contributed by atoms with Gasteiger partial charge in [-0.2, -0.15) is 0 Å². The van der Waals surface area contributed by atoms with Crippen LogP contribution in [0.25, 0.3) is 0 Å². The molecule has 0 radical (unpaired) electrons. The highest BCUT2D eigenvalue weighted by atomic mass is 31.2. The maximum Gasteiger partial charge on any atom is 0.268 e. The molecule has 8 nitrogen and oxygen atoms in total. The molecule has 9 heteroatoms. The van der Waals surface area contributed by atoms with Crippen LogP contribution >= 0.6 is 7.82 Å². The lowest BCUT2D eigenvalue weighted by atomic mass is 10.0. The molecule has 0 fully saturated rings. The van der Waals surface area contributed by atoms with Crippen molar-refractivity contribution in [3.63, 3.8) is 0 Å². The Morgan fingerprint density at radius 3 is 1.28 bits per heavy atom. The molecule has 0 aromatic carbocycles. The lowest BCUT2D eigenvalue weighted by Crippen LogP contribution is -2.46. The maximum atomic E-state index is 12.9. The fourth-order valence-electron chi connectivity index (χ4n) is 8.04. The zero-order valence-electron chi connectivity index (χ0n) is 41.4. The zero-order chi connectivity index (χ0) is 45.0. The van der Waals surface area contributed by atoms with Gasteiger partial charge in [-0.05, 0) is 38.5 Å². The van der Waals surface area contributed by atoms with Crippen LogP contribution in [0.5, 0.6) is 0 Å². The van der Waals surface area contributed by atoms with Crippen molar-refractivity contribution >= 4 is 13.7 Å². The lowest BCUT2D eigenvalue weighted by molar-refractivity contribution is -0.870. The number of phosphoric acid groups is 1. The standard InChI is InChI=1S/C52H105N2O6P/c1-6-8-10-12-14-16-18-20-22-23-24-25-26-27-28-29-30-32-33-35-37-39-41-43-45-51(55)50(49-60-61(57,58)59-48-47-54(3,4)5)53-52(56)46-44-42-40-38-36-34-31-21-19-17-15-13-11-9-7-2/h21,31,50-51,55H,6-20,22-30,32-49H2,1-5H3,(H-,53,56,57,58)/b31-21-. The highest BCUT2D eigenvalue weighted by Gasteiger charge is 2.24. The molecule has 0 bridgehead atoms. The van der Waals surface area contributed by atoms with E-state index in [1.54, 1.807) is 0 Å². The molecule has 1 amide bonds. The predicted molar refractivity (Wildman–Crippen MR) is 261 cm³/mol. The number of likely N-dealkylation sites (N-methyl/N-ethyl adjacent to an activating group) is 1. The smallest absolute Gasteiger partial charge is 0.268 e. The van der Waals surface area contributed by atoms with Crippen LogP contribution in [0, 0.1) is 0 Å². The van der Waals surface area contributed by atoms with Crippen molar-refractivity contribution in [1.29, 1.82) is 0 Å². The minimum Gasteiger partial charge on any atom is -0.756 e. The van der Waals surface area contributed by atoms with E-state index in [2.05, 4.69) is 31.3 Å². The summed E-state index contributed by atoms with van der Waals surface area (Å²) < 4.78 is 23.4. The highest BCUT2D eigenvalue weighted by molar-refractivity contribution is 7.45. The highest BCUT2D eigenvalue weighted by Crippen LogP contribution is 2.38. The predicted octanol–water partition coefficient (Wildman–Crippen LogP) is 14.8. The van der Waals surface area contributed by atoms with E-state index in [0.717, 1.165) is 51.4 Å². The van der Waals surface area contributed by atoms with Crippen LogP contribution in [0.4, 0.5) is 0 Å². The topological polar surface area (TPSA) is 108 Å². The van der Waals surface area contributed by atoms with Gasteiger partial charge >= 0.3 is 0 Å². The summed E-state index contributed by atoms with van der Waals surface area (Å²) in [5.41, 5.74) is 0. The van der Waals surface area contributed by atoms with Gasteiger partial charge in [0.1, 0.15) is 13.2 Å². The number of carbonyl (C=O) groups is 1. The van der Waals surface area contributed by atoms with E-state index in [1.165, 1.54) is 186 Å². The van der Waals surface area contributed by atoms with Crippen molar-refractivity contribution < 1.29 is 32.9 Å². The molecule has 61 heavy (non-hydrogen) atoms. The third kappa shape index (κ3) is 47.0. The number of nitrogens with zero attached hydrogens (tertiary/aromatic N) is 1. The molecular weight excluding hydrogens is 780 g/mol. The largest absolute Gasteiger partial charge is 0.756 e. The number of carbonyl (C=O) groups excluding carboxylic acids is 1. The maximum absolute atomic E-state index is 12.9. The average Bonchev–Trinajstić information content (AvgIpc) is 3.21. The van der Waals surface area contributed by atoms with Crippen LogP contribution in [0.3, 0.4) is 0 Å². The van der Waals surface area contributed by atoms with Gasteiger partial charge in [0.05, 0.1) is 39.9 Å². The number of unbranched alkanes of at least 4 members (excludes halogenated alkanes) is 34. The van der Waals surface area contributed by atoms with Crippen molar-refractivity contribution in [2.24, 2.45) is 0 Å². The molecule has 364 valence electrons. The molecule has 0 heterocycles. The monoisotopic (exact) mass is 885 g/mol. The lowest BCUT2D eigenvalue weighted by Gasteiger charge is -2.30. The normalized spacial score (nSPS) is 14.1. The van der Waals surface area contributed by atoms with Gasteiger partial charge in [0.2, 0.25) is 5.91 Å². The van der Waals surface area contributed by atoms with E-state index < -0.39 is 20.0 Å². The first-order chi connectivity index (χ1) is 29.5. The molecule has 0 spiro atoms. The summed E-state index contributed by atoms with van der Waals surface area (Å²) in [6.45, 7) is 4.74. The Bertz CT molecular complexity index is 1000. The van der Waals surface area contributed by atoms with Gasteiger partial charge < -0.3 is 28.8 Å². The molecule has 0 aromatic heterocycles. The van der Waals surface area contributed by atoms with Crippen molar-refractivity contribution in [3.05, 3.63) is 12.2 Å². The molecule has 0 aliphatic carbocycles. The van der Waals surface area contributed by atoms with Crippen LogP contribution < -0.4 is 10.2 Å². The van der Waals surface area contributed by atoms with E-state index >= 15 is 0 Å². The van der Waals surface area contributed by atoms with Crippen molar-refractivity contribution in [2.75, 3.05) is 40.9 Å². The number of hydrogen-bond donors (Lipinski definition) is 2. The van der Waals surface area contributed by atoms with E-state index in [0.29, 0.717) is 23.9 Å². The molecule has 0 saturated heterocycles. The second kappa shape index (κ2) is 44.4. The Morgan fingerprint density at radius 1 is 0.557 bits per heavy atom. The molecule has 3 atom stereocenters. The van der Waals surface area contributed by atoms with Crippen LogP contribution in [-0.2, 0) is 18.4 Å². The number of hydrogen-bond acceptors (Lipinski definition) is 6. The summed E-state index contributed by atoms with van der Waals surface area (Å²) in [7, 11) is 1.31. The number of amides is 1. The number of nitrogens with one attached hydrogen (secondary N) is 1. The first kappa shape index (κ1) is 60.2. The summed E-state index contributed by atoms with van der Waals surface area (Å²) >= 11 is 0. The van der Waals surface area contributed by atoms with Crippen LogP contribution in [-0.4, -0.2) is 68.5 Å². The van der Waals surface area contributed by atoms with Crippen molar-refractivity contribution in [3.8, 4) is 0 Å². The fourth-order valence-corrected chi connectivity index (χ4v) is 8.76. The Labute approximate surface area is 380 Å². The van der Waals surface area contributed by atoms with Crippen LogP contribution in [0.2, 0.25) is 0 Å². The quantitative estimate of drug-likeness (QED) is 0.0273. The van der Waals surface area contributed by atoms with Gasteiger partial charge in [0, 0.05) is 6.42 Å². The van der Waals surface area contributed by atoms with Crippen molar-refractivity contribution in [2.45, 2.75) is 276 Å². The molecule has 0 aliphatic heterocycles. The molecule has 0 saturated carbocycles. The van der Waals surface area contributed by atoms with Gasteiger partial charge in [-0.3, -0.25) is 9.36 Å². The zero-order valence-corrected chi connectivity index (χ0v) is 42.3. The van der Waals surface area contributed by atoms with Crippen molar-refractivity contribution in [1.82, 2.24) is 5.32 Å². The van der Waals surface area contributed by atoms with Gasteiger partial charge in [0.25, 0.3) is 7.82 Å². The first-order valence-electron chi connectivity index (χ1n) is 26.5. The van der Waals surface area contributed by atoms with Gasteiger partial charge in [-0.15, -0.1) is 0 Å². The van der Waals surface area contributed by atoms with Crippen LogP contribution in [0.15, 0.2) is 12.2 Å². The number of allylic oxidation sites excluding steroid dienone is 2. The molecule has 3 unspecified atom stereocenters. The molecule has 2 N–H and O–H groups in total. The van der Waals surface area contributed by atoms with Gasteiger partial charge in [-0.1, -0.05) is 231 Å². The summed E-state index contributed by atoms with van der Waals surface area (Å²) in [6.07, 6.45) is 52.3. The summed E-state index contributed by atoms with van der Waals surface area (Å²) in [6, 6.07) is -0.801. The second-order valence-corrected chi connectivity index (χ2v) is 21.0. The van der Waals surface area contributed by atoms with E-state index in [9.17, 15) is 19.4 Å². The number of aliphatic hydroxyl groups is 1. The third-order valence-electron chi connectivity index (χ3n) is 12.3. The molecule has 0 aromatic rings. The number of rotatable bonds is 49. The first-order valence-corrected chi connectivity index (χ1v) is 28.0. The summed E-state index contributed by atoms with van der Waals surface area (Å²) in [4.78, 5) is 25.4. The minimum absolute atomic E-state index is 0.0128. The van der Waals surface area contributed by atoms with E-state index in [-0.39, 0.29) is 19.1 Å². The fraction of sp³-hybridized carbons (Fsp3) is 0.942. The summed E-state index contributed by atoms with van der Waals surface area (Å²) in [5, 5.41) is 14.0. The molecule has 0 aliphatic rings. The Kier molecular flexibility index (Phi) is 43.9. The number of quaternary nitrogens is 1. The Hall–Kier alpha value is -0.760. The van der Waals surface area contributed by atoms with E-state index in [4.69, 9.17) is 9.05 Å². The minimum atomic E-state index is -4.57. The SMILES string of the molecule is CCCCCCCC/C=C\CCCCCCCC(=O)NC(COP(=O)([O-])OCC[N+](C)(C)C)C(O)CCCCCCCCCCCCCCCCCCCCCCCCCC. The van der Waals surface area contributed by atoms with E-state index in [1.807, 2.05) is 21.1 Å². The average molecular weight is 885 g/mol. The second-order valence-electron chi connectivity index (χ2n) is 19.6. The molecular formula is C52H105N2O6P. The third-order valence-corrected chi connectivity index (χ3v) is 13.2. The Morgan fingerprint density at radius 2 is 0.902 bits per heavy atom. The van der Waals surface area contributed by atoms with Gasteiger partial charge in [0.15, 0.2) is 0 Å². The molecule has 0 rings (SSSR count). The van der Waals surface area contributed by atoms with Crippen LogP contribution in [0.1, 0.15) is 264 Å². The number of aliphatic hydroxyl groups excluding tert-OH is 1.